The summed E-state index contributed by atoms with van der Waals surface area (Å²) in [4.78, 5) is 17.3. The average Bonchev–Trinajstić information content (AvgIpc) is 3.14. The van der Waals surface area contributed by atoms with Crippen LogP contribution in [0.1, 0.15) is 22.3 Å². The maximum Gasteiger partial charge on any atom is 0.253 e. The fourth-order valence-corrected chi connectivity index (χ4v) is 5.07. The molecule has 0 spiro atoms. The second-order valence-electron chi connectivity index (χ2n) is 8.17. The summed E-state index contributed by atoms with van der Waals surface area (Å²) in [5, 5.41) is 0. The summed E-state index contributed by atoms with van der Waals surface area (Å²) in [6, 6.07) is 23.5. The van der Waals surface area contributed by atoms with E-state index in [9.17, 15) is 13.2 Å². The molecule has 1 saturated heterocycles. The van der Waals surface area contributed by atoms with Crippen molar-refractivity contribution in [3.05, 3.63) is 90.0 Å². The minimum absolute atomic E-state index is 0.0870. The molecular formula is C26H29N3O4S. The number of rotatable bonds is 7. The lowest BCUT2D eigenvalue weighted by Gasteiger charge is -2.24. The third kappa shape index (κ3) is 5.76. The molecule has 7 nitrogen and oxygen atoms in total. The Hall–Kier alpha value is -3.36. The second kappa shape index (κ2) is 10.7. The summed E-state index contributed by atoms with van der Waals surface area (Å²) >= 11 is 0. The van der Waals surface area contributed by atoms with Crippen molar-refractivity contribution in [2.45, 2.75) is 17.9 Å². The van der Waals surface area contributed by atoms with Gasteiger partial charge in [-0.15, -0.1) is 0 Å². The minimum Gasteiger partial charge on any atom is -0.497 e. The standard InChI is InChI=1S/C26H29N3O4S/c1-33-24-13-11-23(12-14-24)28-15-6-16-29(18-17-28)26(30)22-9-5-10-25(19-22)34(31,32)27-20-21-7-3-2-4-8-21/h2-5,7-14,19,27H,6,15-18,20H2,1H3. The normalized spacial score (nSPS) is 14.5. The number of nitrogens with one attached hydrogen (secondary N) is 1. The molecular weight excluding hydrogens is 450 g/mol. The SMILES string of the molecule is COc1ccc(N2CCCN(C(=O)c3cccc(S(=O)(=O)NCc4ccccc4)c3)CC2)cc1. The molecule has 0 aliphatic carbocycles. The van der Waals surface area contributed by atoms with Crippen LogP contribution in [0.5, 0.6) is 5.75 Å². The van der Waals surface area contributed by atoms with Crippen molar-refractivity contribution < 1.29 is 17.9 Å². The van der Waals surface area contributed by atoms with Crippen LogP contribution in [-0.2, 0) is 16.6 Å². The van der Waals surface area contributed by atoms with Crippen molar-refractivity contribution in [3.63, 3.8) is 0 Å². The van der Waals surface area contributed by atoms with Gasteiger partial charge in [-0.25, -0.2) is 13.1 Å². The smallest absolute Gasteiger partial charge is 0.253 e. The van der Waals surface area contributed by atoms with Crippen LogP contribution in [0.25, 0.3) is 0 Å². The van der Waals surface area contributed by atoms with Crippen LogP contribution in [0, 0.1) is 0 Å². The summed E-state index contributed by atoms with van der Waals surface area (Å²) in [7, 11) is -2.10. The van der Waals surface area contributed by atoms with Crippen molar-refractivity contribution >= 4 is 21.6 Å². The Balaban J connectivity index is 1.42. The van der Waals surface area contributed by atoms with E-state index < -0.39 is 10.0 Å². The van der Waals surface area contributed by atoms with Gasteiger partial charge in [-0.1, -0.05) is 36.4 Å². The Kier molecular flexibility index (Phi) is 7.49. The molecule has 1 aliphatic rings. The molecule has 0 aromatic heterocycles. The molecule has 1 amide bonds. The number of ether oxygens (including phenoxy) is 1. The topological polar surface area (TPSA) is 79.0 Å². The lowest BCUT2D eigenvalue weighted by molar-refractivity contribution is 0.0766. The Labute approximate surface area is 201 Å². The van der Waals surface area contributed by atoms with Gasteiger partial charge in [0.25, 0.3) is 5.91 Å². The molecule has 0 saturated carbocycles. The van der Waals surface area contributed by atoms with E-state index in [1.165, 1.54) is 12.1 Å². The van der Waals surface area contributed by atoms with Crippen molar-refractivity contribution in [3.8, 4) is 5.75 Å². The largest absolute Gasteiger partial charge is 0.497 e. The molecule has 8 heteroatoms. The predicted molar refractivity (Wildman–Crippen MR) is 133 cm³/mol. The first-order valence-electron chi connectivity index (χ1n) is 11.3. The Morgan fingerprint density at radius 2 is 1.68 bits per heavy atom. The molecule has 34 heavy (non-hydrogen) atoms. The fourth-order valence-electron chi connectivity index (χ4n) is 4.01. The molecule has 1 heterocycles. The van der Waals surface area contributed by atoms with E-state index in [0.717, 1.165) is 30.0 Å². The first-order valence-corrected chi connectivity index (χ1v) is 12.8. The van der Waals surface area contributed by atoms with E-state index in [2.05, 4.69) is 9.62 Å². The van der Waals surface area contributed by atoms with Gasteiger partial charge < -0.3 is 14.5 Å². The second-order valence-corrected chi connectivity index (χ2v) is 9.94. The molecule has 1 N–H and O–H groups in total. The predicted octanol–water partition coefficient (Wildman–Crippen LogP) is 3.53. The zero-order valence-corrected chi connectivity index (χ0v) is 20.0. The number of hydrogen-bond donors (Lipinski definition) is 1. The van der Waals surface area contributed by atoms with E-state index >= 15 is 0 Å². The molecule has 0 unspecified atom stereocenters. The number of carbonyl (C=O) groups excluding carboxylic acids is 1. The molecule has 1 fully saturated rings. The van der Waals surface area contributed by atoms with E-state index in [-0.39, 0.29) is 17.3 Å². The molecule has 3 aromatic carbocycles. The number of anilines is 1. The van der Waals surface area contributed by atoms with Crippen LogP contribution in [0.2, 0.25) is 0 Å². The Morgan fingerprint density at radius 1 is 0.912 bits per heavy atom. The molecule has 0 bridgehead atoms. The van der Waals surface area contributed by atoms with Crippen molar-refractivity contribution in [2.75, 3.05) is 38.2 Å². The van der Waals surface area contributed by atoms with Crippen LogP contribution in [0.3, 0.4) is 0 Å². The van der Waals surface area contributed by atoms with Gasteiger partial charge in [0.15, 0.2) is 0 Å². The van der Waals surface area contributed by atoms with Gasteiger partial charge in [-0.05, 0) is 54.4 Å². The van der Waals surface area contributed by atoms with Crippen molar-refractivity contribution in [2.24, 2.45) is 0 Å². The van der Waals surface area contributed by atoms with Crippen LogP contribution in [-0.4, -0.2) is 52.5 Å². The molecule has 3 aromatic rings. The van der Waals surface area contributed by atoms with Crippen LogP contribution in [0.15, 0.2) is 83.8 Å². The highest BCUT2D eigenvalue weighted by Gasteiger charge is 2.22. The number of hydrogen-bond acceptors (Lipinski definition) is 5. The summed E-state index contributed by atoms with van der Waals surface area (Å²) in [5.74, 6) is 0.653. The van der Waals surface area contributed by atoms with Crippen LogP contribution < -0.4 is 14.4 Å². The lowest BCUT2D eigenvalue weighted by atomic mass is 10.2. The quantitative estimate of drug-likeness (QED) is 0.561. The van der Waals surface area contributed by atoms with Crippen molar-refractivity contribution in [1.29, 1.82) is 0 Å². The average molecular weight is 480 g/mol. The van der Waals surface area contributed by atoms with E-state index in [1.54, 1.807) is 24.1 Å². The molecule has 4 rings (SSSR count). The number of carbonyl (C=O) groups is 1. The van der Waals surface area contributed by atoms with Crippen LogP contribution in [0.4, 0.5) is 5.69 Å². The number of sulfonamides is 1. The van der Waals surface area contributed by atoms with Gasteiger partial charge in [-0.2, -0.15) is 0 Å². The summed E-state index contributed by atoms with van der Waals surface area (Å²) in [5.41, 5.74) is 2.33. The van der Waals surface area contributed by atoms with E-state index in [1.807, 2.05) is 54.6 Å². The number of benzene rings is 3. The third-order valence-electron chi connectivity index (χ3n) is 5.92. The Bertz CT molecular complexity index is 1210. The highest BCUT2D eigenvalue weighted by molar-refractivity contribution is 7.89. The van der Waals surface area contributed by atoms with Gasteiger partial charge in [-0.3, -0.25) is 4.79 Å². The number of amides is 1. The van der Waals surface area contributed by atoms with Gasteiger partial charge in [0, 0.05) is 44.0 Å². The monoisotopic (exact) mass is 479 g/mol. The maximum absolute atomic E-state index is 13.2. The van der Waals surface area contributed by atoms with E-state index in [4.69, 9.17) is 4.74 Å². The van der Waals surface area contributed by atoms with Gasteiger partial charge in [0.1, 0.15) is 5.75 Å². The highest BCUT2D eigenvalue weighted by Crippen LogP contribution is 2.21. The maximum atomic E-state index is 13.2. The zero-order valence-electron chi connectivity index (χ0n) is 19.2. The Morgan fingerprint density at radius 3 is 2.41 bits per heavy atom. The highest BCUT2D eigenvalue weighted by atomic mass is 32.2. The minimum atomic E-state index is -3.74. The van der Waals surface area contributed by atoms with Gasteiger partial charge >= 0.3 is 0 Å². The molecule has 0 radical (unpaired) electrons. The van der Waals surface area contributed by atoms with Crippen LogP contribution >= 0.6 is 0 Å². The van der Waals surface area contributed by atoms with Crippen molar-refractivity contribution in [1.82, 2.24) is 9.62 Å². The van der Waals surface area contributed by atoms with Gasteiger partial charge in [0.05, 0.1) is 12.0 Å². The first-order chi connectivity index (χ1) is 16.5. The number of nitrogens with zero attached hydrogens (tertiary/aromatic N) is 2. The van der Waals surface area contributed by atoms with Gasteiger partial charge in [0.2, 0.25) is 10.0 Å². The zero-order chi connectivity index (χ0) is 24.0. The number of methoxy groups -OCH3 is 1. The molecule has 1 aliphatic heterocycles. The molecule has 0 atom stereocenters. The summed E-state index contributed by atoms with van der Waals surface area (Å²) < 4.78 is 33.5. The lowest BCUT2D eigenvalue weighted by Crippen LogP contribution is -2.35. The molecule has 178 valence electrons. The van der Waals surface area contributed by atoms with E-state index in [0.29, 0.717) is 25.2 Å². The third-order valence-corrected chi connectivity index (χ3v) is 7.32. The summed E-state index contributed by atoms with van der Waals surface area (Å²) in [6.45, 7) is 2.92. The summed E-state index contributed by atoms with van der Waals surface area (Å²) in [6.07, 6.45) is 0.828. The first kappa shape index (κ1) is 23.8. The fraction of sp³-hybridized carbons (Fsp3) is 0.269.